The predicted octanol–water partition coefficient (Wildman–Crippen LogP) is 3.22. The highest BCUT2D eigenvalue weighted by Gasteiger charge is 2.54. The van der Waals surface area contributed by atoms with Crippen LogP contribution in [0.1, 0.15) is 46.0 Å². The van der Waals surface area contributed by atoms with E-state index in [1.807, 2.05) is 0 Å². The van der Waals surface area contributed by atoms with Crippen LogP contribution in [0.5, 0.6) is 0 Å². The minimum absolute atomic E-state index is 0.847. The maximum atomic E-state index is 2.38. The lowest BCUT2D eigenvalue weighted by Gasteiger charge is -2.40. The van der Waals surface area contributed by atoms with E-state index in [9.17, 15) is 0 Å². The van der Waals surface area contributed by atoms with E-state index in [1.165, 1.54) is 12.8 Å². The van der Waals surface area contributed by atoms with Crippen LogP contribution in [0.2, 0.25) is 0 Å². The highest BCUT2D eigenvalue weighted by Crippen LogP contribution is 2.64. The summed E-state index contributed by atoms with van der Waals surface area (Å²) in [4.78, 5) is 0. The number of fused-ring (bicyclic) bond motifs is 1. The maximum Gasteiger partial charge on any atom is -0.0267 e. The molecule has 0 aliphatic heterocycles. The first-order chi connectivity index (χ1) is 4.80. The van der Waals surface area contributed by atoms with Crippen molar-refractivity contribution in [2.45, 2.75) is 46.0 Å². The van der Waals surface area contributed by atoms with E-state index < -0.39 is 0 Å². The van der Waals surface area contributed by atoms with Crippen molar-refractivity contribution in [2.24, 2.45) is 17.3 Å². The molecule has 10 heavy (non-hydrogen) atoms. The third-order valence-electron chi connectivity index (χ3n) is 4.07. The van der Waals surface area contributed by atoms with Gasteiger partial charge in [-0.1, -0.05) is 26.7 Å². The van der Waals surface area contributed by atoms with Gasteiger partial charge in [0.25, 0.3) is 0 Å². The molecule has 1 unspecified atom stereocenters. The van der Waals surface area contributed by atoms with Crippen LogP contribution in [0.4, 0.5) is 0 Å². The first-order valence-corrected chi connectivity index (χ1v) is 4.80. The molecule has 0 heterocycles. The summed E-state index contributed by atoms with van der Waals surface area (Å²) in [5, 5.41) is 0. The third-order valence-corrected chi connectivity index (χ3v) is 4.07. The summed E-state index contributed by atoms with van der Waals surface area (Å²) in [6, 6.07) is 0. The van der Waals surface area contributed by atoms with E-state index in [4.69, 9.17) is 0 Å². The molecule has 0 heteroatoms. The van der Waals surface area contributed by atoms with Gasteiger partial charge in [0.1, 0.15) is 0 Å². The smallest absolute Gasteiger partial charge is 0.0267 e. The Labute approximate surface area is 64.0 Å². The summed E-state index contributed by atoms with van der Waals surface area (Å²) in [6.45, 7) is 4.74. The van der Waals surface area contributed by atoms with Crippen molar-refractivity contribution in [2.75, 3.05) is 0 Å². The Morgan fingerprint density at radius 2 is 2.00 bits per heavy atom. The van der Waals surface area contributed by atoms with Crippen LogP contribution in [0.25, 0.3) is 0 Å². The third kappa shape index (κ3) is 0.627. The van der Waals surface area contributed by atoms with Gasteiger partial charge < -0.3 is 0 Å². The highest BCUT2D eigenvalue weighted by atomic mass is 14.6. The monoisotopic (exact) mass is 138 g/mol. The van der Waals surface area contributed by atoms with E-state index in [0.717, 1.165) is 17.3 Å². The van der Waals surface area contributed by atoms with Crippen LogP contribution in [0.15, 0.2) is 0 Å². The molecule has 3 aliphatic carbocycles. The zero-order valence-electron chi connectivity index (χ0n) is 7.19. The molecule has 3 fully saturated rings. The quantitative estimate of drug-likeness (QED) is 0.549. The van der Waals surface area contributed by atoms with E-state index in [1.54, 1.807) is 19.3 Å². The van der Waals surface area contributed by atoms with Gasteiger partial charge in [0.15, 0.2) is 0 Å². The molecule has 3 saturated carbocycles. The number of rotatable bonds is 2. The first kappa shape index (κ1) is 6.69. The molecule has 0 saturated heterocycles. The Bertz CT molecular complexity index is 128. The van der Waals surface area contributed by atoms with Gasteiger partial charge in [0.2, 0.25) is 0 Å². The second-order valence-electron chi connectivity index (χ2n) is 4.33. The summed E-state index contributed by atoms with van der Waals surface area (Å²) in [6.07, 6.45) is 7.58. The van der Waals surface area contributed by atoms with Crippen molar-refractivity contribution < 1.29 is 0 Å². The van der Waals surface area contributed by atoms with Crippen LogP contribution in [0.3, 0.4) is 0 Å². The Balaban J connectivity index is 2.10. The minimum Gasteiger partial charge on any atom is -0.0651 e. The lowest BCUT2D eigenvalue weighted by molar-refractivity contribution is 0.0976. The standard InChI is InChI=1S/C10H18/c1-3-9-5-8-6-10(9,4-2)7-8/h8-9H,3-7H2,1-2H3. The van der Waals surface area contributed by atoms with Crippen molar-refractivity contribution in [3.05, 3.63) is 0 Å². The molecule has 0 aromatic carbocycles. The SMILES string of the molecule is CCC1CC2CC1(CC)C2. The molecule has 0 radical (unpaired) electrons. The van der Waals surface area contributed by atoms with Crippen LogP contribution >= 0.6 is 0 Å². The van der Waals surface area contributed by atoms with Gasteiger partial charge in [-0.05, 0) is 36.5 Å². The molecular weight excluding hydrogens is 120 g/mol. The van der Waals surface area contributed by atoms with Gasteiger partial charge in [-0.15, -0.1) is 0 Å². The fourth-order valence-corrected chi connectivity index (χ4v) is 3.42. The molecule has 1 atom stereocenters. The molecule has 2 bridgehead atoms. The molecule has 0 nitrogen and oxygen atoms in total. The van der Waals surface area contributed by atoms with Gasteiger partial charge >= 0.3 is 0 Å². The van der Waals surface area contributed by atoms with Gasteiger partial charge in [-0.2, -0.15) is 0 Å². The van der Waals surface area contributed by atoms with E-state index >= 15 is 0 Å². The Kier molecular flexibility index (Phi) is 1.33. The second-order valence-corrected chi connectivity index (χ2v) is 4.33. The molecule has 0 aromatic rings. The van der Waals surface area contributed by atoms with Crippen LogP contribution in [0, 0.1) is 17.3 Å². The summed E-state index contributed by atoms with van der Waals surface area (Å²) in [5.74, 6) is 2.24. The molecule has 3 aliphatic rings. The van der Waals surface area contributed by atoms with Crippen molar-refractivity contribution in [3.8, 4) is 0 Å². The largest absolute Gasteiger partial charge is 0.0651 e. The normalized spacial score (nSPS) is 51.0. The van der Waals surface area contributed by atoms with Crippen molar-refractivity contribution >= 4 is 0 Å². The van der Waals surface area contributed by atoms with E-state index in [0.29, 0.717) is 0 Å². The summed E-state index contributed by atoms with van der Waals surface area (Å²) in [5.41, 5.74) is 0.847. The topological polar surface area (TPSA) is 0 Å². The van der Waals surface area contributed by atoms with E-state index in [-0.39, 0.29) is 0 Å². The summed E-state index contributed by atoms with van der Waals surface area (Å²) >= 11 is 0. The van der Waals surface area contributed by atoms with Gasteiger partial charge in [-0.25, -0.2) is 0 Å². The predicted molar refractivity (Wildman–Crippen MR) is 43.8 cm³/mol. The average molecular weight is 138 g/mol. The van der Waals surface area contributed by atoms with Crippen molar-refractivity contribution in [3.63, 3.8) is 0 Å². The van der Waals surface area contributed by atoms with E-state index in [2.05, 4.69) is 13.8 Å². The van der Waals surface area contributed by atoms with Gasteiger partial charge in [0.05, 0.1) is 0 Å². The highest BCUT2D eigenvalue weighted by molar-refractivity contribution is 5.04. The fourth-order valence-electron chi connectivity index (χ4n) is 3.42. The number of hydrogen-bond donors (Lipinski definition) is 0. The minimum atomic E-state index is 0.847. The van der Waals surface area contributed by atoms with Gasteiger partial charge in [0, 0.05) is 0 Å². The molecule has 3 rings (SSSR count). The Hall–Kier alpha value is 0. The molecule has 58 valence electrons. The Morgan fingerprint density at radius 1 is 1.30 bits per heavy atom. The lowest BCUT2D eigenvalue weighted by Crippen LogP contribution is -2.30. The summed E-state index contributed by atoms with van der Waals surface area (Å²) in [7, 11) is 0. The maximum absolute atomic E-state index is 2.38. The summed E-state index contributed by atoms with van der Waals surface area (Å²) < 4.78 is 0. The van der Waals surface area contributed by atoms with Crippen molar-refractivity contribution in [1.29, 1.82) is 0 Å². The molecule has 0 amide bonds. The molecule has 0 N–H and O–H groups in total. The Morgan fingerprint density at radius 3 is 2.40 bits per heavy atom. The average Bonchev–Trinajstić information content (AvgIpc) is 2.37. The zero-order valence-corrected chi connectivity index (χ0v) is 7.19. The molecule has 0 spiro atoms. The molecular formula is C10H18. The van der Waals surface area contributed by atoms with Crippen LogP contribution in [-0.4, -0.2) is 0 Å². The second kappa shape index (κ2) is 1.99. The van der Waals surface area contributed by atoms with Crippen molar-refractivity contribution in [1.82, 2.24) is 0 Å². The lowest BCUT2D eigenvalue weighted by atomic mass is 9.65. The molecule has 0 aromatic heterocycles. The first-order valence-electron chi connectivity index (χ1n) is 4.80. The zero-order chi connectivity index (χ0) is 7.19. The fraction of sp³-hybridized carbons (Fsp3) is 1.00. The van der Waals surface area contributed by atoms with Gasteiger partial charge in [-0.3, -0.25) is 0 Å². The van der Waals surface area contributed by atoms with Crippen LogP contribution < -0.4 is 0 Å². The van der Waals surface area contributed by atoms with Crippen LogP contribution in [-0.2, 0) is 0 Å². The number of hydrogen-bond acceptors (Lipinski definition) is 0.